The molecule has 2 aromatic carbocycles. The minimum absolute atomic E-state index is 0.234. The first-order valence-electron chi connectivity index (χ1n) is 6.05. The summed E-state index contributed by atoms with van der Waals surface area (Å²) in [4.78, 5) is 0. The first-order valence-corrected chi connectivity index (χ1v) is 7.15. The molecule has 0 unspecified atom stereocenters. The number of rotatable bonds is 3. The summed E-state index contributed by atoms with van der Waals surface area (Å²) >= 11 is 7.31. The van der Waals surface area contributed by atoms with E-state index in [0.29, 0.717) is 22.8 Å². The molecule has 3 nitrogen and oxygen atoms in total. The van der Waals surface area contributed by atoms with Crippen LogP contribution in [-0.2, 0) is 6.54 Å². The lowest BCUT2D eigenvalue weighted by atomic mass is 10.1. The molecule has 0 radical (unpaired) electrons. The smallest absolute Gasteiger partial charge is 0.129 e. The van der Waals surface area contributed by atoms with Crippen molar-refractivity contribution in [2.45, 2.75) is 13.5 Å². The molecule has 0 atom stereocenters. The van der Waals surface area contributed by atoms with E-state index in [1.807, 2.05) is 19.1 Å². The molecule has 0 aliphatic carbocycles. The number of anilines is 1. The number of nitrogens with zero attached hydrogens (tertiary/aromatic N) is 2. The van der Waals surface area contributed by atoms with E-state index in [1.54, 1.807) is 12.1 Å². The SMILES string of the molecule is Cc1ccc(F)c(CNc2c(Cl)ccc3nsnc23)c1. The zero-order valence-corrected chi connectivity index (χ0v) is 12.2. The van der Waals surface area contributed by atoms with Gasteiger partial charge in [0.15, 0.2) is 0 Å². The maximum atomic E-state index is 13.7. The highest BCUT2D eigenvalue weighted by Gasteiger charge is 2.10. The Hall–Kier alpha value is -1.72. The number of nitrogens with one attached hydrogen (secondary N) is 1. The zero-order valence-electron chi connectivity index (χ0n) is 10.7. The first-order chi connectivity index (χ1) is 9.65. The largest absolute Gasteiger partial charge is 0.378 e. The maximum Gasteiger partial charge on any atom is 0.129 e. The molecular formula is C14H11ClFN3S. The summed E-state index contributed by atoms with van der Waals surface area (Å²) in [6.45, 7) is 2.28. The van der Waals surface area contributed by atoms with E-state index in [-0.39, 0.29) is 5.82 Å². The van der Waals surface area contributed by atoms with Crippen molar-refractivity contribution < 1.29 is 4.39 Å². The number of fused-ring (bicyclic) bond motifs is 1. The molecule has 0 bridgehead atoms. The van der Waals surface area contributed by atoms with E-state index in [2.05, 4.69) is 14.1 Å². The van der Waals surface area contributed by atoms with Crippen molar-refractivity contribution in [2.75, 3.05) is 5.32 Å². The van der Waals surface area contributed by atoms with Gasteiger partial charge in [-0.2, -0.15) is 8.75 Å². The van der Waals surface area contributed by atoms with Crippen LogP contribution in [0.5, 0.6) is 0 Å². The Morgan fingerprint density at radius 1 is 1.25 bits per heavy atom. The molecule has 0 fully saturated rings. The van der Waals surface area contributed by atoms with Crippen LogP contribution in [0.3, 0.4) is 0 Å². The number of hydrogen-bond acceptors (Lipinski definition) is 4. The van der Waals surface area contributed by atoms with Crippen LogP contribution in [0.25, 0.3) is 11.0 Å². The van der Waals surface area contributed by atoms with E-state index < -0.39 is 0 Å². The van der Waals surface area contributed by atoms with Gasteiger partial charge in [0.05, 0.1) is 22.4 Å². The highest BCUT2D eigenvalue weighted by atomic mass is 35.5. The molecule has 3 rings (SSSR count). The van der Waals surface area contributed by atoms with Crippen molar-refractivity contribution >= 4 is 40.0 Å². The lowest BCUT2D eigenvalue weighted by Gasteiger charge is -2.10. The second kappa shape index (κ2) is 5.34. The van der Waals surface area contributed by atoms with Crippen LogP contribution < -0.4 is 5.32 Å². The summed E-state index contributed by atoms with van der Waals surface area (Å²) < 4.78 is 22.1. The van der Waals surface area contributed by atoms with Gasteiger partial charge < -0.3 is 5.32 Å². The molecule has 0 spiro atoms. The van der Waals surface area contributed by atoms with Gasteiger partial charge in [0, 0.05) is 12.1 Å². The van der Waals surface area contributed by atoms with Gasteiger partial charge in [0.2, 0.25) is 0 Å². The van der Waals surface area contributed by atoms with Gasteiger partial charge in [-0.05, 0) is 25.1 Å². The Kier molecular flexibility index (Phi) is 3.54. The fourth-order valence-electron chi connectivity index (χ4n) is 2.02. The summed E-state index contributed by atoms with van der Waals surface area (Å²) in [5.41, 5.74) is 3.81. The van der Waals surface area contributed by atoms with Crippen molar-refractivity contribution in [3.63, 3.8) is 0 Å². The number of benzene rings is 2. The van der Waals surface area contributed by atoms with Gasteiger partial charge in [0.1, 0.15) is 16.9 Å². The van der Waals surface area contributed by atoms with Crippen molar-refractivity contribution in [1.29, 1.82) is 0 Å². The predicted octanol–water partition coefficient (Wildman–Crippen LogP) is 4.40. The zero-order chi connectivity index (χ0) is 14.1. The minimum atomic E-state index is -0.234. The first kappa shape index (κ1) is 13.3. The van der Waals surface area contributed by atoms with E-state index in [9.17, 15) is 4.39 Å². The Labute approximate surface area is 124 Å². The Morgan fingerprint density at radius 2 is 2.10 bits per heavy atom. The van der Waals surface area contributed by atoms with Crippen LogP contribution in [0, 0.1) is 12.7 Å². The third-order valence-corrected chi connectivity index (χ3v) is 3.89. The van der Waals surface area contributed by atoms with Crippen LogP contribution in [0.2, 0.25) is 5.02 Å². The number of aryl methyl sites for hydroxylation is 1. The van der Waals surface area contributed by atoms with E-state index in [4.69, 9.17) is 11.6 Å². The summed E-state index contributed by atoms with van der Waals surface area (Å²) in [5.74, 6) is -0.234. The van der Waals surface area contributed by atoms with Crippen molar-refractivity contribution in [3.8, 4) is 0 Å². The highest BCUT2D eigenvalue weighted by Crippen LogP contribution is 2.30. The quantitative estimate of drug-likeness (QED) is 0.779. The average Bonchev–Trinajstić information content (AvgIpc) is 2.90. The monoisotopic (exact) mass is 307 g/mol. The molecular weight excluding hydrogens is 297 g/mol. The third-order valence-electron chi connectivity index (χ3n) is 3.03. The molecule has 6 heteroatoms. The van der Waals surface area contributed by atoms with Crippen LogP contribution in [0.4, 0.5) is 10.1 Å². The molecule has 0 saturated heterocycles. The minimum Gasteiger partial charge on any atom is -0.378 e. The standard InChI is InChI=1S/C14H11ClFN3S/c1-8-2-4-11(16)9(6-8)7-17-13-10(15)3-5-12-14(13)19-20-18-12/h2-6,17H,7H2,1H3. The number of aromatic nitrogens is 2. The van der Waals surface area contributed by atoms with Gasteiger partial charge in [0.25, 0.3) is 0 Å². The molecule has 0 aliphatic rings. The lowest BCUT2D eigenvalue weighted by molar-refractivity contribution is 0.612. The van der Waals surface area contributed by atoms with Gasteiger partial charge >= 0.3 is 0 Å². The third kappa shape index (κ3) is 2.46. The second-order valence-electron chi connectivity index (χ2n) is 4.50. The van der Waals surface area contributed by atoms with Gasteiger partial charge in [-0.1, -0.05) is 29.3 Å². The van der Waals surface area contributed by atoms with E-state index >= 15 is 0 Å². The van der Waals surface area contributed by atoms with Crippen LogP contribution in [0.1, 0.15) is 11.1 Å². The molecule has 0 aliphatic heterocycles. The number of halogens is 2. The fraction of sp³-hybridized carbons (Fsp3) is 0.143. The number of hydrogen-bond donors (Lipinski definition) is 1. The summed E-state index contributed by atoms with van der Waals surface area (Å²) in [6, 6.07) is 8.62. The van der Waals surface area contributed by atoms with Crippen molar-refractivity contribution in [3.05, 3.63) is 52.3 Å². The molecule has 1 N–H and O–H groups in total. The van der Waals surface area contributed by atoms with E-state index in [0.717, 1.165) is 28.3 Å². The molecule has 20 heavy (non-hydrogen) atoms. The average molecular weight is 308 g/mol. The highest BCUT2D eigenvalue weighted by molar-refractivity contribution is 7.00. The molecule has 102 valence electrons. The Bertz CT molecular complexity index is 772. The normalized spacial score (nSPS) is 10.9. The summed E-state index contributed by atoms with van der Waals surface area (Å²) in [5, 5.41) is 3.71. The van der Waals surface area contributed by atoms with Gasteiger partial charge in [-0.15, -0.1) is 0 Å². The van der Waals surface area contributed by atoms with Gasteiger partial charge in [-0.25, -0.2) is 4.39 Å². The molecule has 3 aromatic rings. The van der Waals surface area contributed by atoms with Crippen molar-refractivity contribution in [2.24, 2.45) is 0 Å². The van der Waals surface area contributed by atoms with E-state index in [1.165, 1.54) is 6.07 Å². The molecule has 1 aromatic heterocycles. The second-order valence-corrected chi connectivity index (χ2v) is 5.44. The van der Waals surface area contributed by atoms with Crippen LogP contribution in [-0.4, -0.2) is 8.75 Å². The molecule has 0 saturated carbocycles. The lowest BCUT2D eigenvalue weighted by Crippen LogP contribution is -2.03. The molecule has 1 heterocycles. The van der Waals surface area contributed by atoms with Crippen LogP contribution >= 0.6 is 23.3 Å². The Morgan fingerprint density at radius 3 is 2.95 bits per heavy atom. The summed E-state index contributed by atoms with van der Waals surface area (Å²) in [6.07, 6.45) is 0. The predicted molar refractivity (Wildman–Crippen MR) is 80.9 cm³/mol. The van der Waals surface area contributed by atoms with Crippen LogP contribution in [0.15, 0.2) is 30.3 Å². The summed E-state index contributed by atoms with van der Waals surface area (Å²) in [7, 11) is 0. The fourth-order valence-corrected chi connectivity index (χ4v) is 2.78. The molecule has 0 amide bonds. The van der Waals surface area contributed by atoms with Crippen molar-refractivity contribution in [1.82, 2.24) is 8.75 Å². The Balaban J connectivity index is 1.92. The van der Waals surface area contributed by atoms with Gasteiger partial charge in [-0.3, -0.25) is 0 Å². The topological polar surface area (TPSA) is 37.8 Å². The maximum absolute atomic E-state index is 13.7.